The Kier molecular flexibility index (Phi) is 56.1. The molecule has 3 fully saturated rings. The second-order valence-electron chi connectivity index (χ2n) is 26.8. The highest BCUT2D eigenvalue weighted by atomic mass is 16.7. The van der Waals surface area contributed by atoms with Crippen molar-refractivity contribution in [2.24, 2.45) is 0 Å². The molecule has 2 amide bonds. The lowest BCUT2D eigenvalue weighted by Gasteiger charge is -2.39. The highest BCUT2D eigenvalue weighted by Crippen LogP contribution is 2.35. The minimum atomic E-state index is -1.51. The number of hydrogen-bond donors (Lipinski definition) is 10. The molecule has 10 N–H and O–H groups in total. The summed E-state index contributed by atoms with van der Waals surface area (Å²) in [5.74, 6) is -0.607. The molecule has 0 aromatic rings. The van der Waals surface area contributed by atoms with Gasteiger partial charge in [-0.3, -0.25) is 9.59 Å². The molecule has 99 heavy (non-hydrogen) atoms. The van der Waals surface area contributed by atoms with Crippen LogP contribution in [0.4, 0.5) is 0 Å². The highest BCUT2D eigenvalue weighted by Gasteiger charge is 2.45. The maximum absolute atomic E-state index is 12.8. The molecule has 3 aliphatic rings. The van der Waals surface area contributed by atoms with Crippen LogP contribution in [-0.4, -0.2) is 249 Å². The first-order chi connectivity index (χ1) is 48.4. The lowest BCUT2D eigenvalue weighted by atomic mass is 9.98. The zero-order valence-electron chi connectivity index (χ0n) is 61.2. The van der Waals surface area contributed by atoms with E-state index in [0.29, 0.717) is 59.0 Å². The molecule has 578 valence electrons. The number of unbranched alkanes of at least 4 members (excludes halogenated alkanes) is 22. The molecule has 3 aliphatic heterocycles. The lowest BCUT2D eigenvalue weighted by molar-refractivity contribution is -0.302. The van der Waals surface area contributed by atoms with E-state index >= 15 is 0 Å². The molecule has 6 unspecified atom stereocenters. The number of allylic oxidation sites excluding steroid dienone is 8. The molecular weight excluding hydrogens is 1270 g/mol. The summed E-state index contributed by atoms with van der Waals surface area (Å²) in [6, 6.07) is 0. The second kappa shape index (κ2) is 61.4. The monoisotopic (exact) mass is 1410 g/mol. The van der Waals surface area contributed by atoms with E-state index in [0.717, 1.165) is 110 Å². The number of aliphatic hydroxyl groups excluding tert-OH is 8. The van der Waals surface area contributed by atoms with Crippen molar-refractivity contribution in [3.8, 4) is 0 Å². The van der Waals surface area contributed by atoms with E-state index in [1.807, 2.05) is 0 Å². The molecule has 0 aromatic heterocycles. The molecular formula is C76H139N3O20. The summed E-state index contributed by atoms with van der Waals surface area (Å²) in [6.07, 6.45) is 41.9. The SMILES string of the molecule is CCCCC/C=C\C/C=C\CCCCCCCCC1(CCCCCCCC/C=C\C/C=C\CCCCC)OC[C@H](CN(CCCCCC(=O)NCCOCCOCCO[C@H]2OC(CO)[C@@H](O)C(O)C2O)CCCCCC(=O)NCCOCCOCCO[C@H]2OC(CO)[C@@H](O)C(O)C2O)O1. The predicted molar refractivity (Wildman–Crippen MR) is 384 cm³/mol. The van der Waals surface area contributed by atoms with Crippen molar-refractivity contribution in [2.45, 2.75) is 305 Å². The number of amides is 2. The van der Waals surface area contributed by atoms with Crippen LogP contribution in [0.3, 0.4) is 0 Å². The summed E-state index contributed by atoms with van der Waals surface area (Å²) in [5.41, 5.74) is 0. The van der Waals surface area contributed by atoms with Gasteiger partial charge in [0.15, 0.2) is 18.4 Å². The standard InChI is InChI=1S/C76H139N3O20/c1-3-5-7-9-11-13-15-17-19-21-23-25-27-29-31-37-43-76(44-38-32-30-28-26-24-22-20-18-16-14-12-10-8-6-4-2)96-62-63(99-76)59-79(47-39-33-35-41-66(82)77-45-49-90-51-53-92-55-57-94-74-72(88)70(86)68(84)64(60-80)97-74)48-40-34-36-42-67(83)78-46-50-91-52-54-93-56-58-95-75-73(89)71(87)69(85)65(61-81)98-75/h11-14,17-20,63-65,68-75,80-81,84-89H,3-10,15-16,21-62H2,1-2H3,(H,77,82)(H,78,83)/b13-11-,14-12-,19-17-,20-18-/t63-,64?,65?,68+,69+,70?,71?,72?,73?,74-,75-/m0/s1. The number of aliphatic hydroxyl groups is 8. The van der Waals surface area contributed by atoms with Crippen molar-refractivity contribution >= 4 is 11.8 Å². The third kappa shape index (κ3) is 44.5. The van der Waals surface area contributed by atoms with Gasteiger partial charge in [-0.05, 0) is 116 Å². The van der Waals surface area contributed by atoms with E-state index in [2.05, 4.69) is 78.0 Å². The first kappa shape index (κ1) is 90.4. The van der Waals surface area contributed by atoms with Crippen molar-refractivity contribution < 1.29 is 97.8 Å². The van der Waals surface area contributed by atoms with Gasteiger partial charge in [-0.15, -0.1) is 0 Å². The van der Waals surface area contributed by atoms with E-state index in [1.165, 1.54) is 116 Å². The van der Waals surface area contributed by atoms with Crippen LogP contribution in [0.1, 0.15) is 232 Å². The molecule has 3 saturated heterocycles. The Bertz CT molecular complexity index is 1900. The van der Waals surface area contributed by atoms with Crippen LogP contribution >= 0.6 is 0 Å². The number of carbonyl (C=O) groups is 2. The van der Waals surface area contributed by atoms with Crippen molar-refractivity contribution in [3.63, 3.8) is 0 Å². The summed E-state index contributed by atoms with van der Waals surface area (Å²) in [7, 11) is 0. The zero-order valence-corrected chi connectivity index (χ0v) is 61.2. The number of carbonyl (C=O) groups excluding carboxylic acids is 2. The molecule has 0 radical (unpaired) electrons. The Morgan fingerprint density at radius 3 is 1.20 bits per heavy atom. The third-order valence-electron chi connectivity index (χ3n) is 18.2. The normalized spacial score (nSPS) is 23.5. The van der Waals surface area contributed by atoms with E-state index in [4.69, 9.17) is 47.4 Å². The Balaban J connectivity index is 1.44. The largest absolute Gasteiger partial charge is 0.394 e. The van der Waals surface area contributed by atoms with E-state index in [-0.39, 0.29) is 57.6 Å². The van der Waals surface area contributed by atoms with E-state index in [9.17, 15) is 50.4 Å². The second-order valence-corrected chi connectivity index (χ2v) is 26.8. The van der Waals surface area contributed by atoms with Crippen LogP contribution in [0, 0.1) is 0 Å². The Labute approximate surface area is 595 Å². The average Bonchev–Trinajstić information content (AvgIpc) is 1.41. The van der Waals surface area contributed by atoms with Gasteiger partial charge in [-0.1, -0.05) is 152 Å². The molecule has 23 heteroatoms. The molecule has 3 heterocycles. The third-order valence-corrected chi connectivity index (χ3v) is 18.2. The lowest BCUT2D eigenvalue weighted by Crippen LogP contribution is -2.59. The van der Waals surface area contributed by atoms with Crippen molar-refractivity contribution in [3.05, 3.63) is 48.6 Å². The number of rotatable bonds is 66. The molecule has 0 spiro atoms. The first-order valence-corrected chi connectivity index (χ1v) is 38.7. The topological polar surface area (TPSA) is 316 Å². The van der Waals surface area contributed by atoms with E-state index in [1.54, 1.807) is 0 Å². The zero-order chi connectivity index (χ0) is 71.5. The van der Waals surface area contributed by atoms with E-state index < -0.39 is 80.4 Å². The van der Waals surface area contributed by atoms with Gasteiger partial charge in [0.1, 0.15) is 48.8 Å². The smallest absolute Gasteiger partial charge is 0.220 e. The molecule has 0 bridgehead atoms. The molecule has 0 saturated carbocycles. The average molecular weight is 1410 g/mol. The van der Waals surface area contributed by atoms with Crippen molar-refractivity contribution in [2.75, 3.05) is 119 Å². The van der Waals surface area contributed by atoms with Gasteiger partial charge in [0.2, 0.25) is 11.8 Å². The van der Waals surface area contributed by atoms with Gasteiger partial charge in [0.25, 0.3) is 0 Å². The fourth-order valence-corrected chi connectivity index (χ4v) is 12.2. The van der Waals surface area contributed by atoms with Gasteiger partial charge in [0.05, 0.1) is 92.0 Å². The number of ether oxygens (including phenoxy) is 10. The van der Waals surface area contributed by atoms with Crippen LogP contribution < -0.4 is 10.6 Å². The quantitative estimate of drug-likeness (QED) is 0.0201. The minimum Gasteiger partial charge on any atom is -0.394 e. The molecule has 11 atom stereocenters. The van der Waals surface area contributed by atoms with Gasteiger partial charge in [-0.25, -0.2) is 0 Å². The molecule has 0 aromatic carbocycles. The molecule has 23 nitrogen and oxygen atoms in total. The van der Waals surface area contributed by atoms with Crippen molar-refractivity contribution in [1.29, 1.82) is 0 Å². The Morgan fingerprint density at radius 1 is 0.434 bits per heavy atom. The Morgan fingerprint density at radius 2 is 0.798 bits per heavy atom. The number of nitrogens with zero attached hydrogens (tertiary/aromatic N) is 1. The van der Waals surface area contributed by atoms with Crippen molar-refractivity contribution in [1.82, 2.24) is 15.5 Å². The summed E-state index contributed by atoms with van der Waals surface area (Å²) < 4.78 is 57.7. The molecule has 3 rings (SSSR count). The maximum atomic E-state index is 12.8. The predicted octanol–water partition coefficient (Wildman–Crippen LogP) is 8.86. The van der Waals surface area contributed by atoms with Gasteiger partial charge in [0, 0.05) is 45.3 Å². The van der Waals surface area contributed by atoms with Crippen LogP contribution in [-0.2, 0) is 57.0 Å². The highest BCUT2D eigenvalue weighted by molar-refractivity contribution is 5.76. The van der Waals surface area contributed by atoms with Gasteiger partial charge < -0.3 is 104 Å². The Hall–Kier alpha value is -2.86. The number of nitrogens with one attached hydrogen (secondary N) is 2. The van der Waals surface area contributed by atoms with Gasteiger partial charge >= 0.3 is 0 Å². The fourth-order valence-electron chi connectivity index (χ4n) is 12.2. The summed E-state index contributed by atoms with van der Waals surface area (Å²) in [4.78, 5) is 28.1. The summed E-state index contributed by atoms with van der Waals surface area (Å²) >= 11 is 0. The molecule has 0 aliphatic carbocycles. The van der Waals surface area contributed by atoms with Crippen LogP contribution in [0.15, 0.2) is 48.6 Å². The maximum Gasteiger partial charge on any atom is 0.220 e. The number of hydrogen-bond acceptors (Lipinski definition) is 21. The van der Waals surface area contributed by atoms with Crippen LogP contribution in [0.5, 0.6) is 0 Å². The minimum absolute atomic E-state index is 0.0235. The van der Waals surface area contributed by atoms with Crippen LogP contribution in [0.25, 0.3) is 0 Å². The first-order valence-electron chi connectivity index (χ1n) is 38.7. The van der Waals surface area contributed by atoms with Crippen LogP contribution in [0.2, 0.25) is 0 Å². The summed E-state index contributed by atoms with van der Waals surface area (Å²) in [6.45, 7) is 9.44. The van der Waals surface area contributed by atoms with Gasteiger partial charge in [-0.2, -0.15) is 0 Å². The fraction of sp³-hybridized carbons (Fsp3) is 0.868. The summed E-state index contributed by atoms with van der Waals surface area (Å²) in [5, 5.41) is 84.7.